The van der Waals surface area contributed by atoms with Crippen molar-refractivity contribution in [2.24, 2.45) is 5.92 Å². The average molecular weight is 509 g/mol. The predicted molar refractivity (Wildman–Crippen MR) is 137 cm³/mol. The molecule has 2 fully saturated rings. The summed E-state index contributed by atoms with van der Waals surface area (Å²) in [6, 6.07) is 11.9. The van der Waals surface area contributed by atoms with Crippen LogP contribution >= 0.6 is 0 Å². The molecule has 1 N–H and O–H groups in total. The normalized spacial score (nSPS) is 20.5. The Morgan fingerprint density at radius 1 is 1.14 bits per heavy atom. The lowest BCUT2D eigenvalue weighted by Gasteiger charge is -2.53. The van der Waals surface area contributed by atoms with Crippen LogP contribution < -0.4 is 5.32 Å². The van der Waals surface area contributed by atoms with E-state index in [-0.39, 0.29) is 54.9 Å². The van der Waals surface area contributed by atoms with Crippen LogP contribution in [0.25, 0.3) is 0 Å². The highest BCUT2D eigenvalue weighted by Gasteiger charge is 2.50. The van der Waals surface area contributed by atoms with Crippen LogP contribution in [-0.4, -0.2) is 70.2 Å². The highest BCUT2D eigenvalue weighted by atomic mass is 19.1. The molecule has 8 nitrogen and oxygen atoms in total. The number of piperazine rings is 1. The number of halogens is 1. The van der Waals surface area contributed by atoms with Gasteiger partial charge in [0.25, 0.3) is 0 Å². The number of fused-ring (bicyclic) bond motifs is 1. The molecule has 2 heterocycles. The second-order valence-electron chi connectivity index (χ2n) is 9.78. The number of amides is 4. The first-order valence-corrected chi connectivity index (χ1v) is 12.7. The lowest BCUT2D eigenvalue weighted by Crippen LogP contribution is -2.72. The fraction of sp³-hybridized carbons (Fsp3) is 0.429. The van der Waals surface area contributed by atoms with Crippen LogP contribution in [0.1, 0.15) is 49.5 Å². The van der Waals surface area contributed by atoms with Crippen LogP contribution in [0.4, 0.5) is 14.9 Å². The molecule has 4 amide bonds. The number of hydrogen-bond acceptors (Lipinski definition) is 4. The summed E-state index contributed by atoms with van der Waals surface area (Å²) in [6.45, 7) is 6.17. The monoisotopic (exact) mass is 508 g/mol. The van der Waals surface area contributed by atoms with Crippen LogP contribution in [-0.2, 0) is 16.0 Å². The second-order valence-corrected chi connectivity index (χ2v) is 9.78. The van der Waals surface area contributed by atoms with Crippen molar-refractivity contribution < 1.29 is 23.6 Å². The minimum atomic E-state index is -0.672. The van der Waals surface area contributed by atoms with Crippen molar-refractivity contribution in [2.45, 2.75) is 52.2 Å². The molecule has 0 aliphatic carbocycles. The first-order valence-electron chi connectivity index (χ1n) is 12.7. The summed E-state index contributed by atoms with van der Waals surface area (Å²) < 4.78 is 13.7. The van der Waals surface area contributed by atoms with E-state index in [0.717, 1.165) is 5.56 Å². The number of hydrogen-bond donors (Lipinski definition) is 1. The second kappa shape index (κ2) is 11.1. The van der Waals surface area contributed by atoms with Gasteiger partial charge in [0.1, 0.15) is 18.0 Å². The van der Waals surface area contributed by atoms with Gasteiger partial charge in [0.15, 0.2) is 5.78 Å². The van der Waals surface area contributed by atoms with E-state index in [4.69, 9.17) is 0 Å². The van der Waals surface area contributed by atoms with E-state index in [1.807, 2.05) is 19.9 Å². The number of Topliss-reactive ketones (excluding diaryl/α,β-unsaturated/α-hetero) is 1. The van der Waals surface area contributed by atoms with Gasteiger partial charge in [-0.15, -0.1) is 0 Å². The van der Waals surface area contributed by atoms with Gasteiger partial charge in [0.2, 0.25) is 11.8 Å². The SMILES string of the molecule is CC[C@H](C)C1C(=O)N(CCc2cccc(F)c2)C[C@@H]2N(C(=O)Nc3ccc(C(C)=O)cc3)CCC(=O)N12. The lowest BCUT2D eigenvalue weighted by atomic mass is 9.91. The van der Waals surface area contributed by atoms with Gasteiger partial charge in [-0.2, -0.15) is 0 Å². The molecular weight excluding hydrogens is 475 g/mol. The summed E-state index contributed by atoms with van der Waals surface area (Å²) >= 11 is 0. The van der Waals surface area contributed by atoms with Gasteiger partial charge in [-0.1, -0.05) is 32.4 Å². The third kappa shape index (κ3) is 5.65. The van der Waals surface area contributed by atoms with Gasteiger partial charge in [-0.05, 0) is 61.2 Å². The molecule has 9 heteroatoms. The van der Waals surface area contributed by atoms with E-state index < -0.39 is 12.2 Å². The molecule has 2 aromatic carbocycles. The number of carbonyl (C=O) groups excluding carboxylic acids is 4. The van der Waals surface area contributed by atoms with Crippen LogP contribution in [0.3, 0.4) is 0 Å². The van der Waals surface area contributed by atoms with E-state index in [2.05, 4.69) is 5.32 Å². The van der Waals surface area contributed by atoms with Crippen molar-refractivity contribution in [1.82, 2.24) is 14.7 Å². The number of rotatable bonds is 7. The molecule has 0 aromatic heterocycles. The van der Waals surface area contributed by atoms with E-state index in [9.17, 15) is 23.6 Å². The Balaban J connectivity index is 1.57. The van der Waals surface area contributed by atoms with Gasteiger partial charge < -0.3 is 20.0 Å². The smallest absolute Gasteiger partial charge is 0.323 e. The summed E-state index contributed by atoms with van der Waals surface area (Å²) in [6.07, 6.45) is 0.684. The summed E-state index contributed by atoms with van der Waals surface area (Å²) in [5, 5.41) is 2.87. The summed E-state index contributed by atoms with van der Waals surface area (Å²) in [5.41, 5.74) is 1.86. The van der Waals surface area contributed by atoms with Gasteiger partial charge in [-0.3, -0.25) is 14.4 Å². The molecule has 37 heavy (non-hydrogen) atoms. The number of anilines is 1. The number of nitrogens with zero attached hydrogens (tertiary/aromatic N) is 3. The minimum absolute atomic E-state index is 0.0654. The third-order valence-electron chi connectivity index (χ3n) is 7.33. The number of benzene rings is 2. The molecule has 0 radical (unpaired) electrons. The van der Waals surface area contributed by atoms with E-state index in [0.29, 0.717) is 30.6 Å². The zero-order valence-electron chi connectivity index (χ0n) is 21.4. The summed E-state index contributed by atoms with van der Waals surface area (Å²) in [4.78, 5) is 56.5. The van der Waals surface area contributed by atoms with Crippen molar-refractivity contribution >= 4 is 29.3 Å². The standard InChI is InChI=1S/C28H33FN4O4/c1-4-18(2)26-27(36)31(14-12-20-6-5-7-22(29)16-20)17-24-32(15-13-25(35)33(24)26)28(37)30-23-10-8-21(9-11-23)19(3)34/h5-11,16,18,24,26H,4,12-15,17H2,1-3H3,(H,30,37)/t18-,24+,26?/m0/s1. The van der Waals surface area contributed by atoms with Crippen molar-refractivity contribution in [2.75, 3.05) is 25.0 Å². The third-order valence-corrected chi connectivity index (χ3v) is 7.33. The molecule has 1 unspecified atom stereocenters. The van der Waals surface area contributed by atoms with Crippen molar-refractivity contribution in [3.63, 3.8) is 0 Å². The Hall–Kier alpha value is -3.75. The first-order chi connectivity index (χ1) is 17.7. The molecule has 0 bridgehead atoms. The highest BCUT2D eigenvalue weighted by Crippen LogP contribution is 2.31. The van der Waals surface area contributed by atoms with Gasteiger partial charge in [-0.25, -0.2) is 9.18 Å². The summed E-state index contributed by atoms with van der Waals surface area (Å²) in [7, 11) is 0. The topological polar surface area (TPSA) is 90.0 Å². The number of ketones is 1. The lowest BCUT2D eigenvalue weighted by molar-refractivity contribution is -0.169. The van der Waals surface area contributed by atoms with Crippen LogP contribution in [0.15, 0.2) is 48.5 Å². The fourth-order valence-electron chi connectivity index (χ4n) is 5.05. The maximum absolute atomic E-state index is 13.7. The zero-order valence-corrected chi connectivity index (χ0v) is 21.4. The Labute approximate surface area is 216 Å². The largest absolute Gasteiger partial charge is 0.337 e. The highest BCUT2D eigenvalue weighted by molar-refractivity contribution is 5.96. The Kier molecular flexibility index (Phi) is 7.90. The van der Waals surface area contributed by atoms with Crippen molar-refractivity contribution in [3.8, 4) is 0 Å². The average Bonchev–Trinajstić information content (AvgIpc) is 2.88. The van der Waals surface area contributed by atoms with Crippen molar-refractivity contribution in [3.05, 3.63) is 65.5 Å². The maximum Gasteiger partial charge on any atom is 0.323 e. The summed E-state index contributed by atoms with van der Waals surface area (Å²) in [5.74, 6) is -0.772. The van der Waals surface area contributed by atoms with Crippen LogP contribution in [0, 0.1) is 11.7 Å². The maximum atomic E-state index is 13.7. The predicted octanol–water partition coefficient (Wildman–Crippen LogP) is 3.92. The van der Waals surface area contributed by atoms with Gasteiger partial charge >= 0.3 is 6.03 Å². The van der Waals surface area contributed by atoms with Gasteiger partial charge in [0, 0.05) is 30.8 Å². The molecule has 2 aromatic rings. The van der Waals surface area contributed by atoms with E-state index >= 15 is 0 Å². The van der Waals surface area contributed by atoms with E-state index in [1.165, 1.54) is 19.1 Å². The molecular formula is C28H33FN4O4. The Bertz CT molecular complexity index is 1180. The molecule has 0 spiro atoms. The number of carbonyl (C=O) groups is 4. The molecule has 196 valence electrons. The molecule has 4 rings (SSSR count). The molecule has 2 aliphatic rings. The molecule has 0 saturated carbocycles. The Morgan fingerprint density at radius 2 is 1.86 bits per heavy atom. The molecule has 3 atom stereocenters. The number of nitrogens with one attached hydrogen (secondary N) is 1. The fourth-order valence-corrected chi connectivity index (χ4v) is 5.05. The number of urea groups is 1. The quantitative estimate of drug-likeness (QED) is 0.574. The van der Waals surface area contributed by atoms with Crippen LogP contribution in [0.2, 0.25) is 0 Å². The van der Waals surface area contributed by atoms with Crippen molar-refractivity contribution in [1.29, 1.82) is 0 Å². The minimum Gasteiger partial charge on any atom is -0.337 e. The van der Waals surface area contributed by atoms with Gasteiger partial charge in [0.05, 0.1) is 6.54 Å². The zero-order chi connectivity index (χ0) is 26.7. The Morgan fingerprint density at radius 3 is 2.51 bits per heavy atom. The first kappa shape index (κ1) is 26.3. The molecule has 2 aliphatic heterocycles. The van der Waals surface area contributed by atoms with E-state index in [1.54, 1.807) is 45.0 Å². The van der Waals surface area contributed by atoms with Crippen LogP contribution in [0.5, 0.6) is 0 Å². The molecule has 2 saturated heterocycles.